The number of carbonyl (C=O) groups is 2. The lowest BCUT2D eigenvalue weighted by atomic mass is 9.44. The Kier molecular flexibility index (Phi) is 8.81. The topological polar surface area (TPSA) is 116 Å². The van der Waals surface area contributed by atoms with Crippen molar-refractivity contribution in [1.29, 1.82) is 0 Å². The Balaban J connectivity index is 1.84. The molecule has 0 amide bonds. The molecule has 0 radical (unpaired) electrons. The number of likely N-dealkylation sites (N-methyl/N-ethyl adjacent to an activating group) is 1. The van der Waals surface area contributed by atoms with Crippen LogP contribution in [0.5, 0.6) is 11.5 Å². The number of ether oxygens (including phenoxy) is 1. The molecule has 3 atom stereocenters. The number of esters is 1. The standard InChI is InChI=1S/C29H44N2O7/c1-28(2,12-10-8-9-11-13-37-30(35)36)19-14-24(33)27(25(15-19)38-26(34)18-31(5,6)7)20-16-23(32)22-17-21(20)29(22,3)4/h14-15,20-22H,8-13,16-18H2,1-7H3/p+1/t20-,21-,22-/m0/s1. The van der Waals surface area contributed by atoms with Crippen LogP contribution < -0.4 is 4.74 Å². The number of ketones is 1. The van der Waals surface area contributed by atoms with Gasteiger partial charge in [-0.3, -0.25) is 4.79 Å². The van der Waals surface area contributed by atoms with Crippen molar-refractivity contribution in [3.8, 4) is 11.5 Å². The fraction of sp³-hybridized carbons (Fsp3) is 0.724. The molecule has 0 heterocycles. The van der Waals surface area contributed by atoms with Crippen molar-refractivity contribution < 1.29 is 33.8 Å². The van der Waals surface area contributed by atoms with Crippen LogP contribution in [0.2, 0.25) is 0 Å². The van der Waals surface area contributed by atoms with Crippen LogP contribution in [0.1, 0.15) is 89.7 Å². The second-order valence-corrected chi connectivity index (χ2v) is 13.4. The molecule has 2 bridgehead atoms. The van der Waals surface area contributed by atoms with Crippen molar-refractivity contribution >= 4 is 11.8 Å². The van der Waals surface area contributed by atoms with Gasteiger partial charge in [-0.05, 0) is 53.7 Å². The van der Waals surface area contributed by atoms with Gasteiger partial charge in [0.1, 0.15) is 17.3 Å². The normalized spacial score (nSPS) is 22.5. The van der Waals surface area contributed by atoms with E-state index in [1.54, 1.807) is 6.07 Å². The highest BCUT2D eigenvalue weighted by Gasteiger charge is 2.59. The molecule has 1 aromatic carbocycles. The van der Waals surface area contributed by atoms with Crippen LogP contribution in [-0.4, -0.2) is 60.7 Å². The first-order valence-electron chi connectivity index (χ1n) is 13.7. The number of aromatic hydroxyl groups is 1. The molecular formula is C29H45N2O7+. The van der Waals surface area contributed by atoms with Crippen LogP contribution in [-0.2, 0) is 19.8 Å². The summed E-state index contributed by atoms with van der Waals surface area (Å²) in [6, 6.07) is 3.66. The van der Waals surface area contributed by atoms with E-state index in [1.165, 1.54) is 0 Å². The lowest BCUT2D eigenvalue weighted by Crippen LogP contribution is -2.56. The summed E-state index contributed by atoms with van der Waals surface area (Å²) in [5, 5.41) is 20.9. The highest BCUT2D eigenvalue weighted by atomic mass is 16.9. The zero-order valence-electron chi connectivity index (χ0n) is 24.0. The van der Waals surface area contributed by atoms with E-state index in [0.717, 1.165) is 37.7 Å². The summed E-state index contributed by atoms with van der Waals surface area (Å²) in [5.41, 5.74) is 1.00. The number of fused-ring (bicyclic) bond motifs is 2. The van der Waals surface area contributed by atoms with Crippen molar-refractivity contribution in [1.82, 2.24) is 0 Å². The van der Waals surface area contributed by atoms with Crippen molar-refractivity contribution in [2.24, 2.45) is 17.3 Å². The summed E-state index contributed by atoms with van der Waals surface area (Å²) in [6.45, 7) is 8.72. The molecule has 1 aromatic rings. The molecule has 9 nitrogen and oxygen atoms in total. The number of quaternary nitrogens is 1. The van der Waals surface area contributed by atoms with E-state index in [0.29, 0.717) is 28.6 Å². The third-order valence-electron chi connectivity index (χ3n) is 8.63. The molecule has 0 unspecified atom stereocenters. The maximum absolute atomic E-state index is 12.9. The molecule has 3 aliphatic rings. The predicted octanol–water partition coefficient (Wildman–Crippen LogP) is 5.16. The largest absolute Gasteiger partial charge is 0.508 e. The number of benzene rings is 1. The van der Waals surface area contributed by atoms with E-state index in [2.05, 4.69) is 32.5 Å². The van der Waals surface area contributed by atoms with Crippen LogP contribution in [0.3, 0.4) is 0 Å². The number of hydrogen-bond acceptors (Lipinski definition) is 7. The quantitative estimate of drug-likeness (QED) is 0.0930. The molecule has 0 aromatic heterocycles. The number of phenolic OH excluding ortho intramolecular Hbond substituents is 1. The molecule has 0 saturated heterocycles. The molecule has 3 fully saturated rings. The highest BCUT2D eigenvalue weighted by Crippen LogP contribution is 2.64. The smallest absolute Gasteiger partial charge is 0.367 e. The van der Waals surface area contributed by atoms with Gasteiger partial charge in [0.05, 0.1) is 27.7 Å². The van der Waals surface area contributed by atoms with Crippen molar-refractivity contribution in [3.63, 3.8) is 0 Å². The lowest BCUT2D eigenvalue weighted by molar-refractivity contribution is -0.862. The third kappa shape index (κ3) is 6.84. The molecule has 38 heavy (non-hydrogen) atoms. The van der Waals surface area contributed by atoms with Crippen molar-refractivity contribution in [3.05, 3.63) is 33.4 Å². The molecule has 3 aliphatic carbocycles. The minimum Gasteiger partial charge on any atom is -0.508 e. The zero-order chi connectivity index (χ0) is 28.5. The molecule has 4 rings (SSSR count). The van der Waals surface area contributed by atoms with Gasteiger partial charge >= 0.3 is 5.97 Å². The van der Waals surface area contributed by atoms with Gasteiger partial charge in [-0.15, -0.1) is 10.1 Å². The van der Waals surface area contributed by atoms with Crippen LogP contribution in [0.15, 0.2) is 12.1 Å². The monoisotopic (exact) mass is 533 g/mol. The van der Waals surface area contributed by atoms with Crippen molar-refractivity contribution in [2.45, 2.75) is 84.0 Å². The van der Waals surface area contributed by atoms with E-state index < -0.39 is 5.09 Å². The van der Waals surface area contributed by atoms with E-state index in [9.17, 15) is 24.8 Å². The third-order valence-corrected chi connectivity index (χ3v) is 8.63. The molecule has 0 aliphatic heterocycles. The number of rotatable bonds is 13. The minimum atomic E-state index is -0.766. The fourth-order valence-corrected chi connectivity index (χ4v) is 6.30. The number of nitrogens with zero attached hydrogens (tertiary/aromatic N) is 2. The average molecular weight is 534 g/mol. The van der Waals surface area contributed by atoms with Gasteiger partial charge in [-0.25, -0.2) is 4.79 Å². The SMILES string of the molecule is CC(C)(CCCCCCO[N+](=O)[O-])c1cc(O)c([C@H]2CC(=O)[C@@H]3C[C@@H]2C3(C)C)c(OC(=O)C[N+](C)(C)C)c1. The molecule has 212 valence electrons. The summed E-state index contributed by atoms with van der Waals surface area (Å²) in [7, 11) is 5.75. The summed E-state index contributed by atoms with van der Waals surface area (Å²) in [5.74, 6) is 0.413. The van der Waals surface area contributed by atoms with Crippen LogP contribution >= 0.6 is 0 Å². The number of phenols is 1. The van der Waals surface area contributed by atoms with Crippen LogP contribution in [0.4, 0.5) is 0 Å². The van der Waals surface area contributed by atoms with Gasteiger partial charge in [0.25, 0.3) is 5.09 Å². The van der Waals surface area contributed by atoms with Gasteiger partial charge in [0.15, 0.2) is 6.54 Å². The molecule has 0 spiro atoms. The first kappa shape index (κ1) is 29.9. The fourth-order valence-electron chi connectivity index (χ4n) is 6.30. The highest BCUT2D eigenvalue weighted by molar-refractivity contribution is 5.86. The summed E-state index contributed by atoms with van der Waals surface area (Å²) >= 11 is 0. The summed E-state index contributed by atoms with van der Waals surface area (Å²) in [4.78, 5) is 40.5. The summed E-state index contributed by atoms with van der Waals surface area (Å²) < 4.78 is 6.37. The molecule has 1 N–H and O–H groups in total. The number of carbonyl (C=O) groups excluding carboxylic acids is 2. The van der Waals surface area contributed by atoms with Gasteiger partial charge < -0.3 is 19.2 Å². The van der Waals surface area contributed by atoms with Crippen molar-refractivity contribution in [2.75, 3.05) is 34.3 Å². The van der Waals surface area contributed by atoms with Gasteiger partial charge in [-0.2, -0.15) is 0 Å². The minimum absolute atomic E-state index is 0.0689. The average Bonchev–Trinajstić information content (AvgIpc) is 2.75. The molecular weight excluding hydrogens is 488 g/mol. The second kappa shape index (κ2) is 11.2. The first-order chi connectivity index (χ1) is 17.5. The maximum atomic E-state index is 12.9. The van der Waals surface area contributed by atoms with E-state index in [-0.39, 0.29) is 59.2 Å². The Morgan fingerprint density at radius 3 is 2.42 bits per heavy atom. The van der Waals surface area contributed by atoms with Gasteiger partial charge in [0.2, 0.25) is 0 Å². The summed E-state index contributed by atoms with van der Waals surface area (Å²) in [6.07, 6.45) is 5.25. The van der Waals surface area contributed by atoms with Gasteiger partial charge in [0, 0.05) is 23.8 Å². The van der Waals surface area contributed by atoms with E-state index in [4.69, 9.17) is 4.74 Å². The second-order valence-electron chi connectivity index (χ2n) is 13.4. The molecule has 3 saturated carbocycles. The van der Waals surface area contributed by atoms with Crippen LogP contribution in [0.25, 0.3) is 0 Å². The Morgan fingerprint density at radius 2 is 1.84 bits per heavy atom. The van der Waals surface area contributed by atoms with Crippen LogP contribution in [0, 0.1) is 27.4 Å². The van der Waals surface area contributed by atoms with E-state index >= 15 is 0 Å². The van der Waals surface area contributed by atoms with E-state index in [1.807, 2.05) is 27.2 Å². The zero-order valence-corrected chi connectivity index (χ0v) is 24.0. The number of Topliss-reactive ketones (excluding diaryl/α,β-unsaturated/α-hetero) is 1. The maximum Gasteiger partial charge on any atom is 0.367 e. The number of unbranched alkanes of at least 4 members (excludes halogenated alkanes) is 3. The Hall–Kier alpha value is -2.68. The first-order valence-corrected chi connectivity index (χ1v) is 13.7. The molecule has 9 heteroatoms. The number of hydrogen-bond donors (Lipinski definition) is 1. The Morgan fingerprint density at radius 1 is 1.18 bits per heavy atom. The van der Waals surface area contributed by atoms with Gasteiger partial charge in [-0.1, -0.05) is 47.0 Å². The lowest BCUT2D eigenvalue weighted by Gasteiger charge is -2.59. The Bertz CT molecular complexity index is 1060. The predicted molar refractivity (Wildman–Crippen MR) is 143 cm³/mol. The Labute approximate surface area is 226 Å².